The van der Waals surface area contributed by atoms with Crippen molar-refractivity contribution in [1.29, 1.82) is 10.8 Å². The number of piperazine rings is 1. The first-order chi connectivity index (χ1) is 20.4. The SMILES string of the molecule is CCCCCNc1nc(N)nc2ccn(Cc3ccc(CN4CCC(C(=N)N5CCN(C)CC5=N)CC4)cc3OC)c12. The van der Waals surface area contributed by atoms with Gasteiger partial charge in [-0.3, -0.25) is 20.6 Å². The molecule has 11 nitrogen and oxygen atoms in total. The molecule has 0 bridgehead atoms. The van der Waals surface area contributed by atoms with Crippen LogP contribution >= 0.6 is 0 Å². The van der Waals surface area contributed by atoms with Crippen molar-refractivity contribution >= 4 is 34.5 Å². The predicted octanol–water partition coefficient (Wildman–Crippen LogP) is 4.09. The number of nitrogens with one attached hydrogen (secondary N) is 3. The number of hydrogen-bond donors (Lipinski definition) is 4. The van der Waals surface area contributed by atoms with E-state index in [2.05, 4.69) is 54.8 Å². The summed E-state index contributed by atoms with van der Waals surface area (Å²) in [5, 5.41) is 20.6. The second-order valence-corrected chi connectivity index (χ2v) is 11.7. The molecule has 5 rings (SSSR count). The van der Waals surface area contributed by atoms with Crippen LogP contribution in [0.15, 0.2) is 30.5 Å². The van der Waals surface area contributed by atoms with E-state index in [0.717, 1.165) is 86.7 Å². The molecule has 0 atom stereocenters. The molecule has 4 heterocycles. The summed E-state index contributed by atoms with van der Waals surface area (Å²) in [5.74, 6) is 3.32. The van der Waals surface area contributed by atoms with E-state index in [1.165, 1.54) is 18.4 Å². The van der Waals surface area contributed by atoms with Crippen molar-refractivity contribution in [3.05, 3.63) is 41.6 Å². The number of piperidine rings is 1. The van der Waals surface area contributed by atoms with E-state index in [1.807, 2.05) is 24.2 Å². The number of nitrogens with zero attached hydrogens (tertiary/aromatic N) is 6. The Morgan fingerprint density at radius 2 is 1.90 bits per heavy atom. The average Bonchev–Trinajstić information content (AvgIpc) is 3.38. The third kappa shape index (κ3) is 6.84. The zero-order valence-corrected chi connectivity index (χ0v) is 25.3. The van der Waals surface area contributed by atoms with E-state index in [-0.39, 0.29) is 11.9 Å². The lowest BCUT2D eigenvalue weighted by Gasteiger charge is -2.39. The molecule has 0 spiro atoms. The van der Waals surface area contributed by atoms with E-state index >= 15 is 0 Å². The summed E-state index contributed by atoms with van der Waals surface area (Å²) in [6, 6.07) is 8.50. The third-order valence-corrected chi connectivity index (χ3v) is 8.51. The molecule has 0 amide bonds. The highest BCUT2D eigenvalue weighted by molar-refractivity contribution is 6.00. The maximum Gasteiger partial charge on any atom is 0.222 e. The van der Waals surface area contributed by atoms with Gasteiger partial charge in [0.25, 0.3) is 0 Å². The van der Waals surface area contributed by atoms with Gasteiger partial charge in [0, 0.05) is 43.9 Å². The Bertz CT molecular complexity index is 1390. The number of ether oxygens (including phenoxy) is 1. The van der Waals surface area contributed by atoms with Crippen LogP contribution in [0.25, 0.3) is 11.0 Å². The van der Waals surface area contributed by atoms with Gasteiger partial charge in [0.05, 0.1) is 25.7 Å². The van der Waals surface area contributed by atoms with Gasteiger partial charge >= 0.3 is 0 Å². The molecule has 0 unspecified atom stereocenters. The molecule has 2 aliphatic rings. The summed E-state index contributed by atoms with van der Waals surface area (Å²) in [7, 11) is 3.77. The Balaban J connectivity index is 1.22. The quantitative estimate of drug-likeness (QED) is 0.153. The minimum atomic E-state index is 0.226. The van der Waals surface area contributed by atoms with Crippen LogP contribution in [0, 0.1) is 16.7 Å². The van der Waals surface area contributed by atoms with E-state index in [1.54, 1.807) is 7.11 Å². The first-order valence-electron chi connectivity index (χ1n) is 15.2. The van der Waals surface area contributed by atoms with Gasteiger partial charge in [0.2, 0.25) is 5.95 Å². The van der Waals surface area contributed by atoms with Crippen LogP contribution in [0.4, 0.5) is 11.8 Å². The van der Waals surface area contributed by atoms with E-state index in [0.29, 0.717) is 24.8 Å². The van der Waals surface area contributed by atoms with Crippen LogP contribution in [0.2, 0.25) is 0 Å². The zero-order chi connectivity index (χ0) is 29.6. The maximum absolute atomic E-state index is 8.75. The summed E-state index contributed by atoms with van der Waals surface area (Å²) >= 11 is 0. The zero-order valence-electron chi connectivity index (χ0n) is 25.3. The van der Waals surface area contributed by atoms with Crippen molar-refractivity contribution in [3.8, 4) is 5.75 Å². The normalized spacial score (nSPS) is 17.2. The number of unbranched alkanes of at least 4 members (excludes halogenated alkanes) is 2. The largest absolute Gasteiger partial charge is 0.496 e. The first kappa shape index (κ1) is 29.8. The Kier molecular flexibility index (Phi) is 9.58. The molecule has 2 aromatic heterocycles. The first-order valence-corrected chi connectivity index (χ1v) is 15.2. The molecular formula is C31H46N10O. The van der Waals surface area contributed by atoms with E-state index in [4.69, 9.17) is 21.3 Å². The lowest BCUT2D eigenvalue weighted by molar-refractivity contribution is 0.195. The number of likely N-dealkylation sites (N-methyl/N-ethyl adjacent to an activating group) is 1. The lowest BCUT2D eigenvalue weighted by atomic mass is 9.94. The van der Waals surface area contributed by atoms with Crippen molar-refractivity contribution < 1.29 is 4.74 Å². The molecule has 0 radical (unpaired) electrons. The average molecular weight is 575 g/mol. The summed E-state index contributed by atoms with van der Waals surface area (Å²) in [6.45, 7) is 8.71. The number of rotatable bonds is 11. The number of nitrogen functional groups attached to an aromatic ring is 1. The molecule has 3 aromatic rings. The van der Waals surface area contributed by atoms with Crippen LogP contribution in [0.3, 0.4) is 0 Å². The highest BCUT2D eigenvalue weighted by atomic mass is 16.5. The molecule has 1 aromatic carbocycles. The number of amidine groups is 2. The van der Waals surface area contributed by atoms with E-state index < -0.39 is 0 Å². The Hall–Kier alpha value is -3.70. The number of fused-ring (bicyclic) bond motifs is 1. The molecule has 2 fully saturated rings. The number of hydrogen-bond acceptors (Lipinski definition) is 9. The minimum absolute atomic E-state index is 0.226. The highest BCUT2D eigenvalue weighted by Gasteiger charge is 2.30. The standard InChI is InChI=1S/C31H46N10O/c1-4-5-6-12-35-30-28-25(36-31(34)37-30)11-15-40(28)20-24-8-7-22(18-26(24)42-3)19-39-13-9-23(10-14-39)29(33)41-17-16-38(2)21-27(41)32/h7-8,11,15,18,23,32-33H,4-6,9-10,12-14,16-17,19-21H2,1-3H3,(H3,34,35,36,37). The van der Waals surface area contributed by atoms with E-state index in [9.17, 15) is 0 Å². The van der Waals surface area contributed by atoms with Gasteiger partial charge in [-0.15, -0.1) is 0 Å². The number of nitrogens with two attached hydrogens (primary N) is 1. The van der Waals surface area contributed by atoms with Gasteiger partial charge in [-0.25, -0.2) is 4.98 Å². The van der Waals surface area contributed by atoms with Gasteiger partial charge < -0.3 is 25.3 Å². The Morgan fingerprint density at radius 3 is 2.64 bits per heavy atom. The maximum atomic E-state index is 8.75. The topological polar surface area (TPSA) is 135 Å². The fourth-order valence-corrected chi connectivity index (χ4v) is 6.10. The van der Waals surface area contributed by atoms with Crippen molar-refractivity contribution in [1.82, 2.24) is 29.2 Å². The summed E-state index contributed by atoms with van der Waals surface area (Å²) in [4.78, 5) is 15.5. The minimum Gasteiger partial charge on any atom is -0.496 e. The molecule has 2 saturated heterocycles. The number of likely N-dealkylation sites (tertiary alicyclic amines) is 1. The molecule has 226 valence electrons. The molecule has 42 heavy (non-hydrogen) atoms. The van der Waals surface area contributed by atoms with Gasteiger partial charge in [0.1, 0.15) is 22.9 Å². The second-order valence-electron chi connectivity index (χ2n) is 11.7. The number of benzene rings is 1. The van der Waals surface area contributed by atoms with Gasteiger partial charge in [-0.05, 0) is 57.1 Å². The Morgan fingerprint density at radius 1 is 1.10 bits per heavy atom. The smallest absolute Gasteiger partial charge is 0.222 e. The number of methoxy groups -OCH3 is 1. The van der Waals surface area contributed by atoms with Crippen LogP contribution < -0.4 is 15.8 Å². The number of anilines is 2. The van der Waals surface area contributed by atoms with Gasteiger partial charge in [-0.2, -0.15) is 4.98 Å². The molecule has 11 heteroatoms. The van der Waals surface area contributed by atoms with Crippen molar-refractivity contribution in [2.24, 2.45) is 5.92 Å². The predicted molar refractivity (Wildman–Crippen MR) is 170 cm³/mol. The van der Waals surface area contributed by atoms with Crippen LogP contribution in [-0.2, 0) is 13.1 Å². The molecule has 0 saturated carbocycles. The molecular weight excluding hydrogens is 528 g/mol. The van der Waals surface area contributed by atoms with Crippen molar-refractivity contribution in [2.75, 3.05) is 64.5 Å². The van der Waals surface area contributed by atoms with Gasteiger partial charge in [0.15, 0.2) is 5.82 Å². The monoisotopic (exact) mass is 574 g/mol. The molecule has 5 N–H and O–H groups in total. The fourth-order valence-electron chi connectivity index (χ4n) is 6.10. The second kappa shape index (κ2) is 13.5. The Labute approximate surface area is 249 Å². The third-order valence-electron chi connectivity index (χ3n) is 8.51. The lowest BCUT2D eigenvalue weighted by Crippen LogP contribution is -2.53. The molecule has 2 aliphatic heterocycles. The summed E-state index contributed by atoms with van der Waals surface area (Å²) in [5.41, 5.74) is 10.1. The van der Waals surface area contributed by atoms with Gasteiger partial charge in [-0.1, -0.05) is 31.9 Å². The molecule has 0 aliphatic carbocycles. The van der Waals surface area contributed by atoms with Crippen molar-refractivity contribution in [2.45, 2.75) is 52.1 Å². The summed E-state index contributed by atoms with van der Waals surface area (Å²) < 4.78 is 8.02. The van der Waals surface area contributed by atoms with Crippen LogP contribution in [0.5, 0.6) is 5.75 Å². The van der Waals surface area contributed by atoms with Crippen LogP contribution in [0.1, 0.15) is 50.2 Å². The summed E-state index contributed by atoms with van der Waals surface area (Å²) in [6.07, 6.45) is 7.37. The fraction of sp³-hybridized carbons (Fsp3) is 0.548. The van der Waals surface area contributed by atoms with Crippen LogP contribution in [-0.4, -0.2) is 94.3 Å². The number of aromatic nitrogens is 3. The van der Waals surface area contributed by atoms with Crippen molar-refractivity contribution in [3.63, 3.8) is 0 Å². The highest BCUT2D eigenvalue weighted by Crippen LogP contribution is 2.28.